The van der Waals surface area contributed by atoms with Crippen molar-refractivity contribution in [3.63, 3.8) is 0 Å². The van der Waals surface area contributed by atoms with Crippen molar-refractivity contribution in [2.75, 3.05) is 13.1 Å². The zero-order chi connectivity index (χ0) is 28.8. The molecule has 0 radical (unpaired) electrons. The van der Waals surface area contributed by atoms with Gasteiger partial charge >= 0.3 is 5.97 Å². The third-order valence-corrected chi connectivity index (χ3v) is 5.65. The molecule has 3 unspecified atom stereocenters. The zero-order valence-electron chi connectivity index (χ0n) is 21.4. The Morgan fingerprint density at radius 1 is 0.846 bits per heavy atom. The lowest BCUT2D eigenvalue weighted by Gasteiger charge is -2.22. The maximum absolute atomic E-state index is 13.1. The first-order valence-corrected chi connectivity index (χ1v) is 12.3. The highest BCUT2D eigenvalue weighted by Gasteiger charge is 2.27. The van der Waals surface area contributed by atoms with Gasteiger partial charge < -0.3 is 43.4 Å². The summed E-state index contributed by atoms with van der Waals surface area (Å²) >= 11 is 0. The van der Waals surface area contributed by atoms with Crippen LogP contribution in [-0.4, -0.2) is 71.1 Å². The van der Waals surface area contributed by atoms with Gasteiger partial charge in [0.15, 0.2) is 5.96 Å². The quantitative estimate of drug-likeness (QED) is 0.0761. The van der Waals surface area contributed by atoms with Gasteiger partial charge in [0.25, 0.3) is 0 Å². The van der Waals surface area contributed by atoms with E-state index >= 15 is 0 Å². The molecular formula is C26H35N7O6. The zero-order valence-corrected chi connectivity index (χ0v) is 21.4. The van der Waals surface area contributed by atoms with Crippen LogP contribution in [0, 0.1) is 0 Å². The lowest BCUT2D eigenvalue weighted by atomic mass is 10.0. The van der Waals surface area contributed by atoms with Gasteiger partial charge in [-0.25, -0.2) is 4.79 Å². The Labute approximate surface area is 225 Å². The average Bonchev–Trinajstić information content (AvgIpc) is 2.90. The predicted molar refractivity (Wildman–Crippen MR) is 144 cm³/mol. The van der Waals surface area contributed by atoms with E-state index in [2.05, 4.69) is 20.9 Å². The van der Waals surface area contributed by atoms with Crippen molar-refractivity contribution in [3.8, 4) is 5.75 Å². The second-order valence-corrected chi connectivity index (χ2v) is 8.85. The number of guanidine groups is 1. The van der Waals surface area contributed by atoms with Crippen LogP contribution in [0.1, 0.15) is 24.0 Å². The van der Waals surface area contributed by atoms with Gasteiger partial charge in [0.2, 0.25) is 17.7 Å². The van der Waals surface area contributed by atoms with Gasteiger partial charge in [-0.2, -0.15) is 0 Å². The topological polar surface area (TPSA) is 235 Å². The summed E-state index contributed by atoms with van der Waals surface area (Å²) in [5.41, 5.74) is 17.6. The minimum atomic E-state index is -1.24. The lowest BCUT2D eigenvalue weighted by molar-refractivity contribution is -0.142. The number of hydrogen-bond donors (Lipinski definition) is 8. The van der Waals surface area contributed by atoms with Gasteiger partial charge in [0.1, 0.15) is 17.8 Å². The van der Waals surface area contributed by atoms with E-state index in [0.717, 1.165) is 0 Å². The minimum absolute atomic E-state index is 0.00772. The molecule has 39 heavy (non-hydrogen) atoms. The molecule has 0 aliphatic heterocycles. The monoisotopic (exact) mass is 541 g/mol. The number of nitrogens with one attached hydrogen (secondary N) is 3. The molecule has 210 valence electrons. The minimum Gasteiger partial charge on any atom is -0.508 e. The van der Waals surface area contributed by atoms with Crippen molar-refractivity contribution in [2.45, 2.75) is 43.8 Å². The van der Waals surface area contributed by atoms with E-state index in [9.17, 15) is 29.4 Å². The number of benzene rings is 2. The molecule has 11 N–H and O–H groups in total. The number of carboxylic acid groups (broad SMARTS) is 1. The molecule has 0 bridgehead atoms. The van der Waals surface area contributed by atoms with Crippen molar-refractivity contribution >= 4 is 29.7 Å². The molecule has 0 aromatic heterocycles. The summed E-state index contributed by atoms with van der Waals surface area (Å²) in [5, 5.41) is 26.6. The molecule has 0 heterocycles. The SMILES string of the molecule is NC(N)=NCCCC(N)C(=O)NCC(=O)NC(Cc1ccc(O)cc1)C(=O)NC(Cc1ccccc1)C(=O)O. The largest absolute Gasteiger partial charge is 0.508 e. The Morgan fingerprint density at radius 3 is 2.08 bits per heavy atom. The van der Waals surface area contributed by atoms with E-state index in [1.54, 1.807) is 42.5 Å². The van der Waals surface area contributed by atoms with Crippen LogP contribution >= 0.6 is 0 Å². The van der Waals surface area contributed by atoms with Crippen LogP contribution < -0.4 is 33.2 Å². The number of aromatic hydroxyl groups is 1. The smallest absolute Gasteiger partial charge is 0.326 e. The molecule has 13 heteroatoms. The number of aliphatic imine (C=N–C) groups is 1. The summed E-state index contributed by atoms with van der Waals surface area (Å²) in [7, 11) is 0. The summed E-state index contributed by atoms with van der Waals surface area (Å²) in [6, 6.07) is 11.5. The van der Waals surface area contributed by atoms with Gasteiger partial charge in [0.05, 0.1) is 12.6 Å². The predicted octanol–water partition coefficient (Wildman–Crippen LogP) is -1.27. The highest BCUT2D eigenvalue weighted by Crippen LogP contribution is 2.12. The van der Waals surface area contributed by atoms with Crippen LogP contribution in [0.15, 0.2) is 59.6 Å². The third kappa shape index (κ3) is 11.5. The Kier molecular flexibility index (Phi) is 12.2. The number of phenolic OH excluding ortho intramolecular Hbond substituents is 1. The molecule has 13 nitrogen and oxygen atoms in total. The third-order valence-electron chi connectivity index (χ3n) is 5.65. The second-order valence-electron chi connectivity index (χ2n) is 8.85. The Hall–Kier alpha value is -4.65. The van der Waals surface area contributed by atoms with Crippen LogP contribution in [0.3, 0.4) is 0 Å². The van der Waals surface area contributed by atoms with E-state index in [1.165, 1.54) is 12.1 Å². The van der Waals surface area contributed by atoms with Crippen LogP contribution in [0.4, 0.5) is 0 Å². The number of aliphatic carboxylic acids is 1. The molecule has 0 fully saturated rings. The summed E-state index contributed by atoms with van der Waals surface area (Å²) < 4.78 is 0. The average molecular weight is 542 g/mol. The Morgan fingerprint density at radius 2 is 1.46 bits per heavy atom. The molecule has 0 aliphatic rings. The first kappa shape index (κ1) is 30.6. The Bertz CT molecular complexity index is 1140. The summed E-state index contributed by atoms with van der Waals surface area (Å²) in [6.45, 7) is -0.147. The van der Waals surface area contributed by atoms with Gasteiger partial charge in [-0.3, -0.25) is 19.4 Å². The summed E-state index contributed by atoms with van der Waals surface area (Å²) in [6.07, 6.45) is 0.794. The van der Waals surface area contributed by atoms with Crippen LogP contribution in [0.25, 0.3) is 0 Å². The summed E-state index contributed by atoms with van der Waals surface area (Å²) in [4.78, 5) is 53.6. The molecule has 0 spiro atoms. The first-order chi connectivity index (χ1) is 18.5. The van der Waals surface area contributed by atoms with E-state index in [1.807, 2.05) is 0 Å². The molecular weight excluding hydrogens is 506 g/mol. The summed E-state index contributed by atoms with van der Waals surface area (Å²) in [5.74, 6) is -3.24. The van der Waals surface area contributed by atoms with Crippen molar-refractivity contribution in [1.82, 2.24) is 16.0 Å². The molecule has 0 aliphatic carbocycles. The maximum atomic E-state index is 13.1. The fourth-order valence-corrected chi connectivity index (χ4v) is 3.59. The van der Waals surface area contributed by atoms with E-state index in [0.29, 0.717) is 24.1 Å². The highest BCUT2D eigenvalue weighted by molar-refractivity contribution is 5.92. The number of nitrogens with zero attached hydrogens (tertiary/aromatic N) is 1. The number of carbonyl (C=O) groups is 4. The number of rotatable bonds is 15. The molecule has 3 amide bonds. The number of hydrogen-bond acceptors (Lipinski definition) is 7. The standard InChI is InChI=1S/C26H35N7O6/c27-19(7-4-12-30-26(28)29)23(36)31-15-22(35)32-20(13-17-8-10-18(34)11-9-17)24(37)33-21(25(38)39)14-16-5-2-1-3-6-16/h1-3,5-6,8-11,19-21,34H,4,7,12-15,27H2,(H,31,36)(H,32,35)(H,33,37)(H,38,39)(H4,28,29,30). The van der Waals surface area contributed by atoms with E-state index in [4.69, 9.17) is 17.2 Å². The Balaban J connectivity index is 2.02. The van der Waals surface area contributed by atoms with Gasteiger partial charge in [-0.05, 0) is 36.1 Å². The number of amides is 3. The van der Waals surface area contributed by atoms with Gasteiger partial charge in [-0.1, -0.05) is 42.5 Å². The molecule has 2 aromatic carbocycles. The molecule has 0 saturated carbocycles. The normalized spacial score (nSPS) is 12.8. The molecule has 2 aromatic rings. The highest BCUT2D eigenvalue weighted by atomic mass is 16.4. The van der Waals surface area contributed by atoms with Gasteiger partial charge in [0, 0.05) is 19.4 Å². The van der Waals surface area contributed by atoms with Gasteiger partial charge in [-0.15, -0.1) is 0 Å². The van der Waals surface area contributed by atoms with E-state index < -0.39 is 48.4 Å². The van der Waals surface area contributed by atoms with E-state index in [-0.39, 0.29) is 31.0 Å². The number of carboxylic acids is 1. The number of nitrogens with two attached hydrogens (primary N) is 3. The molecule has 3 atom stereocenters. The number of carbonyl (C=O) groups excluding carboxylic acids is 3. The van der Waals surface area contributed by atoms with Crippen molar-refractivity contribution < 1.29 is 29.4 Å². The second kappa shape index (κ2) is 15.6. The lowest BCUT2D eigenvalue weighted by Crippen LogP contribution is -2.54. The van der Waals surface area contributed by atoms with Crippen LogP contribution in [0.5, 0.6) is 5.75 Å². The van der Waals surface area contributed by atoms with Crippen molar-refractivity contribution in [2.24, 2.45) is 22.2 Å². The van der Waals surface area contributed by atoms with Crippen molar-refractivity contribution in [1.29, 1.82) is 0 Å². The maximum Gasteiger partial charge on any atom is 0.326 e. The number of phenols is 1. The molecule has 0 saturated heterocycles. The fourth-order valence-electron chi connectivity index (χ4n) is 3.59. The van der Waals surface area contributed by atoms with Crippen molar-refractivity contribution in [3.05, 3.63) is 65.7 Å². The van der Waals surface area contributed by atoms with Crippen LogP contribution in [0.2, 0.25) is 0 Å². The first-order valence-electron chi connectivity index (χ1n) is 12.3. The molecule has 2 rings (SSSR count). The van der Waals surface area contributed by atoms with Crippen LogP contribution in [-0.2, 0) is 32.0 Å². The fraction of sp³-hybridized carbons (Fsp3) is 0.346.